The number of thiazole rings is 1. The van der Waals surface area contributed by atoms with E-state index in [9.17, 15) is 14.9 Å². The van der Waals surface area contributed by atoms with Gasteiger partial charge in [-0.25, -0.2) is 4.98 Å². The van der Waals surface area contributed by atoms with Crippen molar-refractivity contribution in [2.75, 3.05) is 5.43 Å². The number of nitrogens with zero attached hydrogens (tertiary/aromatic N) is 2. The van der Waals surface area contributed by atoms with E-state index in [2.05, 4.69) is 15.7 Å². The summed E-state index contributed by atoms with van der Waals surface area (Å²) in [5.74, 6) is 4.76. The normalized spacial score (nSPS) is 10.1. The average molecular weight is 293 g/mol. The molecule has 0 atom stereocenters. The van der Waals surface area contributed by atoms with Gasteiger partial charge in [0.25, 0.3) is 11.6 Å². The highest BCUT2D eigenvalue weighted by Gasteiger charge is 2.16. The minimum absolute atomic E-state index is 0.144. The van der Waals surface area contributed by atoms with Gasteiger partial charge in [-0.15, -0.1) is 11.3 Å². The number of nitro groups is 1. The van der Waals surface area contributed by atoms with Crippen LogP contribution in [-0.2, 0) is 6.54 Å². The number of amides is 1. The van der Waals surface area contributed by atoms with Gasteiger partial charge < -0.3 is 10.7 Å². The second-order valence-electron chi connectivity index (χ2n) is 3.80. The molecule has 2 aromatic rings. The van der Waals surface area contributed by atoms with Crippen LogP contribution < -0.4 is 16.6 Å². The van der Waals surface area contributed by atoms with Crippen LogP contribution in [0.25, 0.3) is 0 Å². The molecule has 0 aliphatic heterocycles. The van der Waals surface area contributed by atoms with Crippen LogP contribution in [0.2, 0.25) is 0 Å². The highest BCUT2D eigenvalue weighted by atomic mass is 32.1. The molecule has 0 radical (unpaired) electrons. The van der Waals surface area contributed by atoms with Crippen molar-refractivity contribution >= 4 is 28.6 Å². The van der Waals surface area contributed by atoms with Crippen LogP contribution >= 0.6 is 11.3 Å². The summed E-state index contributed by atoms with van der Waals surface area (Å²) in [6.07, 6.45) is 0. The monoisotopic (exact) mass is 293 g/mol. The van der Waals surface area contributed by atoms with Crippen LogP contribution in [0.5, 0.6) is 0 Å². The van der Waals surface area contributed by atoms with E-state index >= 15 is 0 Å². The van der Waals surface area contributed by atoms with E-state index in [0.29, 0.717) is 0 Å². The Bertz CT molecular complexity index is 629. The second-order valence-corrected chi connectivity index (χ2v) is 4.51. The van der Waals surface area contributed by atoms with Gasteiger partial charge in [-0.05, 0) is 12.1 Å². The minimum Gasteiger partial charge on any atom is -0.346 e. The quantitative estimate of drug-likeness (QED) is 0.433. The number of nitrogens with two attached hydrogens (primary N) is 1. The van der Waals surface area contributed by atoms with Crippen molar-refractivity contribution in [3.05, 3.63) is 50.5 Å². The van der Waals surface area contributed by atoms with Gasteiger partial charge in [0, 0.05) is 17.0 Å². The molecular weight excluding hydrogens is 282 g/mol. The SMILES string of the molecule is NNc1ccc(C(=O)NCc2cscn2)cc1[N+](=O)[O-]. The molecule has 1 aromatic carbocycles. The van der Waals surface area contributed by atoms with E-state index in [1.54, 1.807) is 5.51 Å². The third-order valence-corrected chi connectivity index (χ3v) is 3.16. The molecule has 0 bridgehead atoms. The van der Waals surface area contributed by atoms with Gasteiger partial charge in [0.2, 0.25) is 0 Å². The molecule has 1 heterocycles. The number of aromatic nitrogens is 1. The molecular formula is C11H11N5O3S. The molecule has 0 aliphatic carbocycles. The molecule has 0 saturated heterocycles. The van der Waals surface area contributed by atoms with Crippen molar-refractivity contribution in [3.8, 4) is 0 Å². The summed E-state index contributed by atoms with van der Waals surface area (Å²) in [7, 11) is 0. The number of nitro benzene ring substituents is 1. The van der Waals surface area contributed by atoms with E-state index in [1.165, 1.54) is 29.5 Å². The maximum Gasteiger partial charge on any atom is 0.294 e. The van der Waals surface area contributed by atoms with Crippen molar-refractivity contribution in [1.82, 2.24) is 10.3 Å². The van der Waals surface area contributed by atoms with Crippen LogP contribution in [0.4, 0.5) is 11.4 Å². The minimum atomic E-state index is -0.605. The Morgan fingerprint density at radius 3 is 2.90 bits per heavy atom. The lowest BCUT2D eigenvalue weighted by Crippen LogP contribution is -2.23. The fourth-order valence-electron chi connectivity index (χ4n) is 1.54. The molecule has 0 saturated carbocycles. The van der Waals surface area contributed by atoms with Crippen molar-refractivity contribution < 1.29 is 9.72 Å². The van der Waals surface area contributed by atoms with Crippen LogP contribution in [-0.4, -0.2) is 15.8 Å². The van der Waals surface area contributed by atoms with E-state index in [-0.39, 0.29) is 23.5 Å². The third kappa shape index (κ3) is 3.08. The highest BCUT2D eigenvalue weighted by Crippen LogP contribution is 2.24. The largest absolute Gasteiger partial charge is 0.346 e. The molecule has 8 nitrogen and oxygen atoms in total. The predicted octanol–water partition coefficient (Wildman–Crippen LogP) is 1.27. The fourth-order valence-corrected chi connectivity index (χ4v) is 2.10. The number of anilines is 1. The van der Waals surface area contributed by atoms with Gasteiger partial charge in [0.05, 0.1) is 22.7 Å². The molecule has 104 valence electrons. The number of carbonyl (C=O) groups excluding carboxylic acids is 1. The molecule has 1 aromatic heterocycles. The van der Waals surface area contributed by atoms with Gasteiger partial charge >= 0.3 is 0 Å². The van der Waals surface area contributed by atoms with Gasteiger partial charge in [0.1, 0.15) is 5.69 Å². The summed E-state index contributed by atoms with van der Waals surface area (Å²) in [6, 6.07) is 4.01. The molecule has 1 amide bonds. The first-order valence-corrected chi connectivity index (χ1v) is 6.46. The number of hydrogen-bond acceptors (Lipinski definition) is 7. The van der Waals surface area contributed by atoms with Gasteiger partial charge in [-0.1, -0.05) is 0 Å². The second kappa shape index (κ2) is 6.08. The van der Waals surface area contributed by atoms with Crippen LogP contribution in [0.1, 0.15) is 16.1 Å². The first-order chi connectivity index (χ1) is 9.61. The first kappa shape index (κ1) is 13.9. The lowest BCUT2D eigenvalue weighted by atomic mass is 10.1. The molecule has 2 rings (SSSR count). The molecule has 0 spiro atoms. The summed E-state index contributed by atoms with van der Waals surface area (Å²) in [4.78, 5) is 26.2. The Labute approximate surface area is 117 Å². The number of hydrazine groups is 1. The standard InChI is InChI=1S/C11H11N5O3S/c12-15-9-2-1-7(3-10(9)16(18)19)11(17)13-4-8-5-20-6-14-8/h1-3,5-6,15H,4,12H2,(H,13,17). The zero-order valence-electron chi connectivity index (χ0n) is 10.2. The topological polar surface area (TPSA) is 123 Å². The zero-order chi connectivity index (χ0) is 14.5. The average Bonchev–Trinajstić information content (AvgIpc) is 2.97. The van der Waals surface area contributed by atoms with E-state index < -0.39 is 10.8 Å². The van der Waals surface area contributed by atoms with Crippen LogP contribution in [0.3, 0.4) is 0 Å². The van der Waals surface area contributed by atoms with E-state index in [1.807, 2.05) is 5.38 Å². The van der Waals surface area contributed by atoms with Gasteiger partial charge in [0.15, 0.2) is 0 Å². The maximum atomic E-state index is 11.9. The highest BCUT2D eigenvalue weighted by molar-refractivity contribution is 7.07. The Morgan fingerprint density at radius 1 is 1.50 bits per heavy atom. The lowest BCUT2D eigenvalue weighted by Gasteiger charge is -2.06. The van der Waals surface area contributed by atoms with Crippen molar-refractivity contribution in [3.63, 3.8) is 0 Å². The van der Waals surface area contributed by atoms with Crippen molar-refractivity contribution in [1.29, 1.82) is 0 Å². The fraction of sp³-hybridized carbons (Fsp3) is 0.0909. The summed E-state index contributed by atoms with van der Waals surface area (Å²) >= 11 is 1.42. The maximum absolute atomic E-state index is 11.9. The Balaban J connectivity index is 2.13. The van der Waals surface area contributed by atoms with Crippen molar-refractivity contribution in [2.45, 2.75) is 6.54 Å². The number of benzene rings is 1. The summed E-state index contributed by atoms with van der Waals surface area (Å²) in [6.45, 7) is 0.271. The van der Waals surface area contributed by atoms with E-state index in [0.717, 1.165) is 5.69 Å². The first-order valence-electron chi connectivity index (χ1n) is 5.52. The molecule has 4 N–H and O–H groups in total. The number of nitrogens with one attached hydrogen (secondary N) is 2. The lowest BCUT2D eigenvalue weighted by molar-refractivity contribution is -0.384. The zero-order valence-corrected chi connectivity index (χ0v) is 11.0. The summed E-state index contributed by atoms with van der Waals surface area (Å²) < 4.78 is 0. The van der Waals surface area contributed by atoms with Gasteiger partial charge in [-0.2, -0.15) is 0 Å². The number of carbonyl (C=O) groups is 1. The molecule has 9 heteroatoms. The smallest absolute Gasteiger partial charge is 0.294 e. The number of nitrogen functional groups attached to an aromatic ring is 1. The molecule has 0 fully saturated rings. The van der Waals surface area contributed by atoms with E-state index in [4.69, 9.17) is 5.84 Å². The van der Waals surface area contributed by atoms with Crippen LogP contribution in [0, 0.1) is 10.1 Å². The van der Waals surface area contributed by atoms with Crippen molar-refractivity contribution in [2.24, 2.45) is 5.84 Å². The van der Waals surface area contributed by atoms with Crippen LogP contribution in [0.15, 0.2) is 29.1 Å². The molecule has 0 unspecified atom stereocenters. The Morgan fingerprint density at radius 2 is 2.30 bits per heavy atom. The molecule has 0 aliphatic rings. The third-order valence-electron chi connectivity index (χ3n) is 2.53. The summed E-state index contributed by atoms with van der Waals surface area (Å²) in [5.41, 5.74) is 4.69. The van der Waals surface area contributed by atoms with Gasteiger partial charge in [-0.3, -0.25) is 20.8 Å². The molecule has 20 heavy (non-hydrogen) atoms. The predicted molar refractivity (Wildman–Crippen MR) is 74.2 cm³/mol. The number of rotatable bonds is 5. The number of hydrogen-bond donors (Lipinski definition) is 3. The Kier molecular flexibility index (Phi) is 4.23. The Hall–Kier alpha value is -2.52. The summed E-state index contributed by atoms with van der Waals surface area (Å²) in [5, 5.41) is 15.3.